The predicted molar refractivity (Wildman–Crippen MR) is 65.1 cm³/mol. The zero-order chi connectivity index (χ0) is 12.7. The predicted octanol–water partition coefficient (Wildman–Crippen LogP) is 0.158. The smallest absolute Gasteiger partial charge is 0.236 e. The van der Waals surface area contributed by atoms with Gasteiger partial charge in [0, 0.05) is 19.3 Å². The molecular weight excluding hydrogens is 218 g/mol. The first kappa shape index (κ1) is 13.6. The molecule has 0 spiro atoms. The van der Waals surface area contributed by atoms with E-state index in [2.05, 4.69) is 29.5 Å². The third-order valence-electron chi connectivity index (χ3n) is 2.40. The maximum atomic E-state index is 11.6. The SMILES string of the molecule is CC(C)CC(N)C(=O)NCCCn1ccnn1. The fraction of sp³-hybridized carbons (Fsp3) is 0.727. The molecule has 1 unspecified atom stereocenters. The Labute approximate surface area is 102 Å². The summed E-state index contributed by atoms with van der Waals surface area (Å²) in [5, 5.41) is 10.4. The van der Waals surface area contributed by atoms with Crippen molar-refractivity contribution in [2.24, 2.45) is 11.7 Å². The number of amides is 1. The monoisotopic (exact) mass is 239 g/mol. The van der Waals surface area contributed by atoms with Gasteiger partial charge in [-0.3, -0.25) is 9.48 Å². The molecule has 6 nitrogen and oxygen atoms in total. The Kier molecular flexibility index (Phi) is 5.62. The summed E-state index contributed by atoms with van der Waals surface area (Å²) in [6.45, 7) is 5.47. The number of aryl methyl sites for hydroxylation is 1. The van der Waals surface area contributed by atoms with E-state index < -0.39 is 6.04 Å². The summed E-state index contributed by atoms with van der Waals surface area (Å²) in [6, 6.07) is -0.402. The largest absolute Gasteiger partial charge is 0.355 e. The van der Waals surface area contributed by atoms with Crippen LogP contribution >= 0.6 is 0 Å². The molecule has 0 aliphatic heterocycles. The van der Waals surface area contributed by atoms with Crippen LogP contribution < -0.4 is 11.1 Å². The minimum Gasteiger partial charge on any atom is -0.355 e. The Morgan fingerprint density at radius 1 is 1.53 bits per heavy atom. The molecule has 0 bridgehead atoms. The van der Waals surface area contributed by atoms with E-state index in [4.69, 9.17) is 5.73 Å². The average Bonchev–Trinajstić information content (AvgIpc) is 2.75. The molecule has 1 rings (SSSR count). The molecule has 6 heteroatoms. The van der Waals surface area contributed by atoms with E-state index in [1.165, 1.54) is 0 Å². The normalized spacial score (nSPS) is 12.7. The highest BCUT2D eigenvalue weighted by Gasteiger charge is 2.13. The first-order valence-electron chi connectivity index (χ1n) is 5.97. The van der Waals surface area contributed by atoms with Crippen molar-refractivity contribution < 1.29 is 4.79 Å². The lowest BCUT2D eigenvalue weighted by Crippen LogP contribution is -2.41. The van der Waals surface area contributed by atoms with E-state index in [-0.39, 0.29) is 5.91 Å². The molecule has 3 N–H and O–H groups in total. The third-order valence-corrected chi connectivity index (χ3v) is 2.40. The molecular formula is C11H21N5O. The molecule has 0 fully saturated rings. The number of nitrogens with zero attached hydrogens (tertiary/aromatic N) is 3. The molecule has 1 amide bonds. The lowest BCUT2D eigenvalue weighted by molar-refractivity contribution is -0.122. The fourth-order valence-electron chi connectivity index (χ4n) is 1.55. The Bertz CT molecular complexity index is 323. The summed E-state index contributed by atoms with van der Waals surface area (Å²) in [5.41, 5.74) is 5.76. The van der Waals surface area contributed by atoms with Crippen LogP contribution in [0.1, 0.15) is 26.7 Å². The molecule has 0 radical (unpaired) electrons. The van der Waals surface area contributed by atoms with Gasteiger partial charge >= 0.3 is 0 Å². The lowest BCUT2D eigenvalue weighted by atomic mass is 10.0. The molecule has 1 aromatic heterocycles. The average molecular weight is 239 g/mol. The van der Waals surface area contributed by atoms with E-state index in [1.807, 2.05) is 0 Å². The van der Waals surface area contributed by atoms with Gasteiger partial charge in [-0.1, -0.05) is 19.1 Å². The van der Waals surface area contributed by atoms with Crippen LogP contribution in [0.5, 0.6) is 0 Å². The first-order chi connectivity index (χ1) is 8.09. The van der Waals surface area contributed by atoms with Crippen LogP contribution in [0.4, 0.5) is 0 Å². The number of rotatable bonds is 7. The highest BCUT2D eigenvalue weighted by atomic mass is 16.2. The Morgan fingerprint density at radius 3 is 2.88 bits per heavy atom. The first-order valence-corrected chi connectivity index (χ1v) is 5.97. The quantitative estimate of drug-likeness (QED) is 0.664. The molecule has 0 aliphatic rings. The molecule has 1 atom stereocenters. The van der Waals surface area contributed by atoms with Gasteiger partial charge in [0.2, 0.25) is 5.91 Å². The van der Waals surface area contributed by atoms with E-state index in [0.29, 0.717) is 12.5 Å². The summed E-state index contributed by atoms with van der Waals surface area (Å²) in [4.78, 5) is 11.6. The number of carbonyl (C=O) groups is 1. The Hall–Kier alpha value is -1.43. The number of nitrogens with one attached hydrogen (secondary N) is 1. The van der Waals surface area contributed by atoms with Crippen LogP contribution in [0, 0.1) is 5.92 Å². The van der Waals surface area contributed by atoms with Gasteiger partial charge in [-0.15, -0.1) is 5.10 Å². The van der Waals surface area contributed by atoms with Crippen LogP contribution in [-0.2, 0) is 11.3 Å². The molecule has 0 saturated carbocycles. The van der Waals surface area contributed by atoms with Gasteiger partial charge in [-0.05, 0) is 18.8 Å². The maximum absolute atomic E-state index is 11.6. The summed E-state index contributed by atoms with van der Waals surface area (Å²) >= 11 is 0. The van der Waals surface area contributed by atoms with Crippen molar-refractivity contribution in [2.75, 3.05) is 6.54 Å². The van der Waals surface area contributed by atoms with Crippen LogP contribution in [0.2, 0.25) is 0 Å². The maximum Gasteiger partial charge on any atom is 0.236 e. The van der Waals surface area contributed by atoms with E-state index in [1.54, 1.807) is 17.1 Å². The van der Waals surface area contributed by atoms with Gasteiger partial charge in [-0.25, -0.2) is 0 Å². The van der Waals surface area contributed by atoms with Gasteiger partial charge in [0.05, 0.1) is 12.2 Å². The number of nitrogens with two attached hydrogens (primary N) is 1. The summed E-state index contributed by atoms with van der Waals surface area (Å²) < 4.78 is 1.74. The van der Waals surface area contributed by atoms with Crippen molar-refractivity contribution in [1.29, 1.82) is 0 Å². The fourth-order valence-corrected chi connectivity index (χ4v) is 1.55. The zero-order valence-electron chi connectivity index (χ0n) is 10.5. The van der Waals surface area contributed by atoms with Crippen molar-refractivity contribution in [1.82, 2.24) is 20.3 Å². The lowest BCUT2D eigenvalue weighted by Gasteiger charge is -2.13. The van der Waals surface area contributed by atoms with Gasteiger partial charge in [0.1, 0.15) is 0 Å². The highest BCUT2D eigenvalue weighted by molar-refractivity contribution is 5.81. The van der Waals surface area contributed by atoms with Crippen molar-refractivity contribution in [3.05, 3.63) is 12.4 Å². The standard InChI is InChI=1S/C11H21N5O/c1-9(2)8-10(12)11(17)13-4-3-6-16-7-5-14-15-16/h5,7,9-10H,3-4,6,8,12H2,1-2H3,(H,13,17). The zero-order valence-corrected chi connectivity index (χ0v) is 10.5. The van der Waals surface area contributed by atoms with Crippen LogP contribution in [0.25, 0.3) is 0 Å². The summed E-state index contributed by atoms with van der Waals surface area (Å²) in [5.74, 6) is 0.364. The van der Waals surface area contributed by atoms with E-state index in [0.717, 1.165) is 19.4 Å². The van der Waals surface area contributed by atoms with E-state index in [9.17, 15) is 4.79 Å². The van der Waals surface area contributed by atoms with Gasteiger partial charge < -0.3 is 11.1 Å². The Morgan fingerprint density at radius 2 is 2.29 bits per heavy atom. The number of hydrogen-bond acceptors (Lipinski definition) is 4. The summed E-state index contributed by atoms with van der Waals surface area (Å²) in [7, 11) is 0. The molecule has 1 heterocycles. The van der Waals surface area contributed by atoms with Gasteiger partial charge in [0.25, 0.3) is 0 Å². The van der Waals surface area contributed by atoms with Gasteiger partial charge in [-0.2, -0.15) is 0 Å². The van der Waals surface area contributed by atoms with Crippen molar-refractivity contribution in [3.8, 4) is 0 Å². The third kappa shape index (κ3) is 5.44. The van der Waals surface area contributed by atoms with E-state index >= 15 is 0 Å². The second kappa shape index (κ2) is 7.01. The molecule has 0 saturated heterocycles. The minimum atomic E-state index is -0.402. The van der Waals surface area contributed by atoms with Crippen LogP contribution in [0.15, 0.2) is 12.4 Å². The second-order valence-corrected chi connectivity index (χ2v) is 4.55. The number of aromatic nitrogens is 3. The Balaban J connectivity index is 2.11. The minimum absolute atomic E-state index is 0.0720. The van der Waals surface area contributed by atoms with Crippen molar-refractivity contribution in [2.45, 2.75) is 39.3 Å². The van der Waals surface area contributed by atoms with Crippen molar-refractivity contribution in [3.63, 3.8) is 0 Å². The van der Waals surface area contributed by atoms with Crippen LogP contribution in [-0.4, -0.2) is 33.5 Å². The molecule has 0 aromatic carbocycles. The molecule has 17 heavy (non-hydrogen) atoms. The van der Waals surface area contributed by atoms with Crippen LogP contribution in [0.3, 0.4) is 0 Å². The number of carbonyl (C=O) groups excluding carboxylic acids is 1. The highest BCUT2D eigenvalue weighted by Crippen LogP contribution is 2.02. The number of hydrogen-bond donors (Lipinski definition) is 2. The van der Waals surface area contributed by atoms with Crippen molar-refractivity contribution >= 4 is 5.91 Å². The summed E-state index contributed by atoms with van der Waals surface area (Å²) in [6.07, 6.45) is 4.97. The topological polar surface area (TPSA) is 85.8 Å². The molecule has 0 aliphatic carbocycles. The second-order valence-electron chi connectivity index (χ2n) is 4.55. The van der Waals surface area contributed by atoms with Gasteiger partial charge in [0.15, 0.2) is 0 Å². The molecule has 96 valence electrons. The molecule has 1 aromatic rings.